The standard InChI is InChI=1S/C14H21NO.5CH3.2Al/c1-11-8-12(2)14(16)13(9-11)10-15-6-4-3-5-7-15;;;;;;;/h8-9,16H,3-7,10H2,1-2H3;5*1H3;;/q;5*-1;2*+3/p-1. The van der Waals surface area contributed by atoms with Gasteiger partial charge in [-0.05, 0) is 45.3 Å². The van der Waals surface area contributed by atoms with Gasteiger partial charge < -0.3 is 42.2 Å². The third kappa shape index (κ3) is 11.3. The molecule has 1 aromatic carbocycles. The molecule has 1 aliphatic rings. The van der Waals surface area contributed by atoms with Gasteiger partial charge in [-0.15, -0.1) is 5.75 Å². The van der Waals surface area contributed by atoms with Gasteiger partial charge in [0.15, 0.2) is 0 Å². The SMILES string of the molecule is Cc1cc(C)c([O-])c(CN2CCCCC2)c1.[Al+3].[Al+3].[CH3-].[CH3-].[CH3-].[CH3-].[CH3-]. The molecule has 2 rings (SSSR count). The first-order valence-electron chi connectivity index (χ1n) is 6.16. The van der Waals surface area contributed by atoms with E-state index in [4.69, 9.17) is 0 Å². The summed E-state index contributed by atoms with van der Waals surface area (Å²) >= 11 is 0. The van der Waals surface area contributed by atoms with E-state index in [-0.39, 0.29) is 77.6 Å². The van der Waals surface area contributed by atoms with E-state index in [1.165, 1.54) is 24.8 Å². The molecule has 0 amide bonds. The Morgan fingerprint density at radius 3 is 1.83 bits per heavy atom. The summed E-state index contributed by atoms with van der Waals surface area (Å²) in [5.41, 5.74) is 3.05. The second-order valence-electron chi connectivity index (χ2n) is 4.91. The molecule has 0 N–H and O–H groups in total. The monoisotopic (exact) mass is 347 g/mol. The van der Waals surface area contributed by atoms with Gasteiger partial charge >= 0.3 is 34.7 Å². The minimum Gasteiger partial charge on any atom is -0.872 e. The Morgan fingerprint density at radius 2 is 1.35 bits per heavy atom. The Morgan fingerprint density at radius 1 is 0.870 bits per heavy atom. The summed E-state index contributed by atoms with van der Waals surface area (Å²) in [6.45, 7) is 7.10. The van der Waals surface area contributed by atoms with Gasteiger partial charge in [-0.1, -0.05) is 29.7 Å². The zero-order valence-corrected chi connectivity index (χ0v) is 18.7. The van der Waals surface area contributed by atoms with E-state index in [1.54, 1.807) is 0 Å². The molecule has 2 nitrogen and oxygen atoms in total. The minimum absolute atomic E-state index is 0. The van der Waals surface area contributed by atoms with Gasteiger partial charge in [0, 0.05) is 6.54 Å². The van der Waals surface area contributed by atoms with Crippen LogP contribution in [-0.2, 0) is 6.54 Å². The van der Waals surface area contributed by atoms with Gasteiger partial charge in [-0.3, -0.25) is 4.90 Å². The van der Waals surface area contributed by atoms with E-state index in [0.29, 0.717) is 0 Å². The molecule has 1 saturated heterocycles. The van der Waals surface area contributed by atoms with Gasteiger partial charge in [0.1, 0.15) is 0 Å². The fourth-order valence-corrected chi connectivity index (χ4v) is 2.52. The largest absolute Gasteiger partial charge is 3.00 e. The predicted octanol–water partition coefficient (Wildman–Crippen LogP) is 3.85. The van der Waals surface area contributed by atoms with Gasteiger partial charge in [-0.2, -0.15) is 0 Å². The van der Waals surface area contributed by atoms with Crippen LogP contribution in [0.15, 0.2) is 12.1 Å². The van der Waals surface area contributed by atoms with Crippen molar-refractivity contribution in [3.8, 4) is 5.75 Å². The minimum atomic E-state index is 0. The normalized spacial score (nSPS) is 12.3. The van der Waals surface area contributed by atoms with Crippen LogP contribution in [-0.4, -0.2) is 52.7 Å². The van der Waals surface area contributed by atoms with Crippen molar-refractivity contribution in [2.75, 3.05) is 13.1 Å². The van der Waals surface area contributed by atoms with Gasteiger partial charge in [0.05, 0.1) is 0 Å². The maximum Gasteiger partial charge on any atom is 3.00 e. The Kier molecular flexibility index (Phi) is 30.8. The fourth-order valence-electron chi connectivity index (χ4n) is 2.52. The van der Waals surface area contributed by atoms with Crippen LogP contribution in [0.2, 0.25) is 0 Å². The molecule has 0 aliphatic carbocycles. The summed E-state index contributed by atoms with van der Waals surface area (Å²) in [4.78, 5) is 2.40. The maximum atomic E-state index is 12.0. The molecule has 0 radical (unpaired) electrons. The second kappa shape index (κ2) is 18.4. The molecule has 0 aromatic heterocycles. The molecular weight excluding hydrogens is 312 g/mol. The summed E-state index contributed by atoms with van der Waals surface area (Å²) in [7, 11) is 0. The third-order valence-corrected chi connectivity index (χ3v) is 3.34. The fraction of sp³-hybridized carbons (Fsp3) is 0.421. The summed E-state index contributed by atoms with van der Waals surface area (Å²) in [5, 5.41) is 12.0. The van der Waals surface area contributed by atoms with Crippen LogP contribution in [0.25, 0.3) is 0 Å². The molecule has 0 unspecified atom stereocenters. The molecule has 0 spiro atoms. The quantitative estimate of drug-likeness (QED) is 0.600. The second-order valence-corrected chi connectivity index (χ2v) is 4.91. The van der Waals surface area contributed by atoms with Crippen LogP contribution >= 0.6 is 0 Å². The van der Waals surface area contributed by atoms with E-state index < -0.39 is 0 Å². The van der Waals surface area contributed by atoms with E-state index in [1.807, 2.05) is 19.1 Å². The van der Waals surface area contributed by atoms with Crippen molar-refractivity contribution in [3.05, 3.63) is 66.0 Å². The van der Waals surface area contributed by atoms with E-state index in [0.717, 1.165) is 30.8 Å². The average molecular weight is 347 g/mol. The van der Waals surface area contributed by atoms with Gasteiger partial charge in [0.25, 0.3) is 0 Å². The first kappa shape index (κ1) is 38.5. The number of benzene rings is 1. The molecule has 4 heteroatoms. The van der Waals surface area contributed by atoms with Crippen LogP contribution in [0.1, 0.15) is 36.0 Å². The van der Waals surface area contributed by atoms with Crippen molar-refractivity contribution < 1.29 is 5.11 Å². The summed E-state index contributed by atoms with van der Waals surface area (Å²) in [6.07, 6.45) is 3.89. The maximum absolute atomic E-state index is 12.0. The summed E-state index contributed by atoms with van der Waals surface area (Å²) in [6, 6.07) is 4.02. The van der Waals surface area contributed by atoms with Crippen molar-refractivity contribution in [1.82, 2.24) is 4.90 Å². The van der Waals surface area contributed by atoms with Crippen molar-refractivity contribution in [1.29, 1.82) is 0 Å². The Balaban J connectivity index is -0.000000103. The zero-order chi connectivity index (χ0) is 11.5. The van der Waals surface area contributed by atoms with E-state index in [2.05, 4.69) is 11.8 Å². The van der Waals surface area contributed by atoms with Crippen LogP contribution < -0.4 is 5.11 Å². The topological polar surface area (TPSA) is 26.3 Å². The van der Waals surface area contributed by atoms with Gasteiger partial charge in [-0.25, -0.2) is 0 Å². The average Bonchev–Trinajstić information content (AvgIpc) is 2.27. The van der Waals surface area contributed by atoms with Crippen molar-refractivity contribution >= 4 is 34.7 Å². The number of hydrogen-bond acceptors (Lipinski definition) is 2. The van der Waals surface area contributed by atoms with Crippen molar-refractivity contribution in [2.45, 2.75) is 39.7 Å². The van der Waals surface area contributed by atoms with Crippen molar-refractivity contribution in [3.63, 3.8) is 0 Å². The molecular formula is C19H35Al2NO. The van der Waals surface area contributed by atoms with E-state index in [9.17, 15) is 5.11 Å². The molecule has 0 bridgehead atoms. The number of likely N-dealkylation sites (tertiary alicyclic amines) is 1. The molecule has 128 valence electrons. The third-order valence-electron chi connectivity index (χ3n) is 3.34. The Labute approximate surface area is 169 Å². The van der Waals surface area contributed by atoms with E-state index >= 15 is 0 Å². The molecule has 1 aromatic rings. The first-order chi connectivity index (χ1) is 7.66. The van der Waals surface area contributed by atoms with Gasteiger partial charge in [0.2, 0.25) is 0 Å². The molecule has 1 heterocycles. The Bertz CT molecular complexity index is 378. The predicted molar refractivity (Wildman–Crippen MR) is 108 cm³/mol. The number of rotatable bonds is 2. The first-order valence-corrected chi connectivity index (χ1v) is 6.16. The van der Waals surface area contributed by atoms with Crippen LogP contribution in [0.5, 0.6) is 5.75 Å². The number of aryl methyl sites for hydroxylation is 2. The summed E-state index contributed by atoms with van der Waals surface area (Å²) < 4.78 is 0. The van der Waals surface area contributed by atoms with Crippen LogP contribution in [0.4, 0.5) is 0 Å². The number of piperidine rings is 1. The van der Waals surface area contributed by atoms with Crippen molar-refractivity contribution in [2.24, 2.45) is 0 Å². The summed E-state index contributed by atoms with van der Waals surface area (Å²) in [5.74, 6) is 0.233. The molecule has 0 atom stereocenters. The number of hydrogen-bond donors (Lipinski definition) is 0. The molecule has 1 fully saturated rings. The number of nitrogens with zero attached hydrogens (tertiary/aromatic N) is 1. The molecule has 23 heavy (non-hydrogen) atoms. The van der Waals surface area contributed by atoms with Crippen LogP contribution in [0, 0.1) is 51.0 Å². The zero-order valence-electron chi connectivity index (χ0n) is 16.4. The van der Waals surface area contributed by atoms with Crippen LogP contribution in [0.3, 0.4) is 0 Å². The molecule has 0 saturated carbocycles. The molecule has 1 aliphatic heterocycles. The Hall–Kier alpha value is 0.0449. The smallest absolute Gasteiger partial charge is 0.872 e.